The van der Waals surface area contributed by atoms with Crippen LogP contribution in [0.2, 0.25) is 0 Å². The summed E-state index contributed by atoms with van der Waals surface area (Å²) in [4.78, 5) is 0. The second-order valence-electron chi connectivity index (χ2n) is 8.46. The molecule has 0 amide bonds. The standard InChI is InChI=1S/C18H30O2/c19-15-14-13(6-5-11-17(15)7-1-2-8-17)12-18(16(14)20)9-3-4-10-18/h13-16,19-20H,1-12H2. The Morgan fingerprint density at radius 2 is 1.15 bits per heavy atom. The van der Waals surface area contributed by atoms with Crippen LogP contribution in [0.1, 0.15) is 77.0 Å². The molecule has 114 valence electrons. The summed E-state index contributed by atoms with van der Waals surface area (Å²) in [5, 5.41) is 22.2. The van der Waals surface area contributed by atoms with Gasteiger partial charge in [0, 0.05) is 5.92 Å². The van der Waals surface area contributed by atoms with E-state index in [2.05, 4.69) is 0 Å². The number of aliphatic hydroxyl groups is 2. The average molecular weight is 278 g/mol. The van der Waals surface area contributed by atoms with E-state index in [1.54, 1.807) is 0 Å². The summed E-state index contributed by atoms with van der Waals surface area (Å²) >= 11 is 0. The van der Waals surface area contributed by atoms with Gasteiger partial charge in [0.1, 0.15) is 0 Å². The van der Waals surface area contributed by atoms with Gasteiger partial charge in [-0.2, -0.15) is 0 Å². The number of fused-ring (bicyclic) bond motifs is 1. The van der Waals surface area contributed by atoms with E-state index in [4.69, 9.17) is 0 Å². The Kier molecular flexibility index (Phi) is 3.20. The lowest BCUT2D eigenvalue weighted by Crippen LogP contribution is -2.44. The zero-order chi connectivity index (χ0) is 13.8. The lowest BCUT2D eigenvalue weighted by molar-refractivity contribution is -0.0781. The normalized spacial score (nSPS) is 45.9. The van der Waals surface area contributed by atoms with Gasteiger partial charge in [0.15, 0.2) is 0 Å². The third kappa shape index (κ3) is 1.76. The molecular formula is C18H30O2. The highest BCUT2D eigenvalue weighted by molar-refractivity contribution is 5.09. The smallest absolute Gasteiger partial charge is 0.0652 e. The van der Waals surface area contributed by atoms with Crippen LogP contribution in [0, 0.1) is 22.7 Å². The maximum Gasteiger partial charge on any atom is 0.0652 e. The molecule has 2 nitrogen and oxygen atoms in total. The second kappa shape index (κ2) is 4.71. The highest BCUT2D eigenvalue weighted by Crippen LogP contribution is 2.61. The van der Waals surface area contributed by atoms with Crippen molar-refractivity contribution in [3.05, 3.63) is 0 Å². The van der Waals surface area contributed by atoms with Crippen LogP contribution in [0.5, 0.6) is 0 Å². The van der Waals surface area contributed by atoms with E-state index in [0.717, 1.165) is 0 Å². The molecular weight excluding hydrogens is 248 g/mol. The summed E-state index contributed by atoms with van der Waals surface area (Å²) in [7, 11) is 0. The summed E-state index contributed by atoms with van der Waals surface area (Å²) < 4.78 is 0. The van der Waals surface area contributed by atoms with Crippen LogP contribution in [-0.2, 0) is 0 Å². The van der Waals surface area contributed by atoms with Gasteiger partial charge >= 0.3 is 0 Å². The molecule has 4 rings (SSSR count). The first-order valence-electron chi connectivity index (χ1n) is 9.03. The van der Waals surface area contributed by atoms with Gasteiger partial charge in [-0.15, -0.1) is 0 Å². The van der Waals surface area contributed by atoms with Gasteiger partial charge in [-0.3, -0.25) is 0 Å². The zero-order valence-corrected chi connectivity index (χ0v) is 12.7. The molecule has 0 aliphatic heterocycles. The minimum Gasteiger partial charge on any atom is -0.392 e. The Bertz CT molecular complexity index is 366. The molecule has 4 unspecified atom stereocenters. The van der Waals surface area contributed by atoms with E-state index in [1.807, 2.05) is 0 Å². The van der Waals surface area contributed by atoms with Crippen LogP contribution in [-0.4, -0.2) is 22.4 Å². The van der Waals surface area contributed by atoms with Gasteiger partial charge in [-0.1, -0.05) is 32.1 Å². The third-order valence-corrected chi connectivity index (χ3v) is 7.65. The van der Waals surface area contributed by atoms with Gasteiger partial charge in [0.25, 0.3) is 0 Å². The molecule has 4 atom stereocenters. The van der Waals surface area contributed by atoms with Crippen molar-refractivity contribution in [2.24, 2.45) is 22.7 Å². The number of aliphatic hydroxyl groups excluding tert-OH is 2. The Morgan fingerprint density at radius 3 is 1.80 bits per heavy atom. The lowest BCUT2D eigenvalue weighted by atomic mass is 9.70. The van der Waals surface area contributed by atoms with Crippen molar-refractivity contribution >= 4 is 0 Å². The SMILES string of the molecule is OC1C2C(CCCC13CCCC3)CC1(CCCC1)C2O. The van der Waals surface area contributed by atoms with Gasteiger partial charge < -0.3 is 10.2 Å². The van der Waals surface area contributed by atoms with Crippen molar-refractivity contribution in [2.45, 2.75) is 89.3 Å². The topological polar surface area (TPSA) is 40.5 Å². The molecule has 0 heterocycles. The first-order chi connectivity index (χ1) is 9.67. The fourth-order valence-electron chi connectivity index (χ4n) is 6.65. The molecule has 0 radical (unpaired) electrons. The lowest BCUT2D eigenvalue weighted by Gasteiger charge is -2.40. The van der Waals surface area contributed by atoms with Crippen LogP contribution in [0.15, 0.2) is 0 Å². The molecule has 4 aliphatic carbocycles. The zero-order valence-electron chi connectivity index (χ0n) is 12.7. The highest BCUT2D eigenvalue weighted by atomic mass is 16.3. The molecule has 4 aliphatic rings. The number of rotatable bonds is 0. The summed E-state index contributed by atoms with van der Waals surface area (Å²) in [6.45, 7) is 0. The molecule has 20 heavy (non-hydrogen) atoms. The molecule has 0 aromatic heterocycles. The predicted molar refractivity (Wildman–Crippen MR) is 79.3 cm³/mol. The molecule has 0 bridgehead atoms. The summed E-state index contributed by atoms with van der Waals surface area (Å²) in [5.74, 6) is 0.784. The molecule has 4 saturated carbocycles. The third-order valence-electron chi connectivity index (χ3n) is 7.65. The van der Waals surface area contributed by atoms with Crippen molar-refractivity contribution in [3.8, 4) is 0 Å². The number of hydrogen-bond acceptors (Lipinski definition) is 2. The van der Waals surface area contributed by atoms with Crippen molar-refractivity contribution in [1.29, 1.82) is 0 Å². The predicted octanol–water partition coefficient (Wildman–Crippen LogP) is 3.65. The van der Waals surface area contributed by atoms with Crippen molar-refractivity contribution in [3.63, 3.8) is 0 Å². The van der Waals surface area contributed by atoms with E-state index in [1.165, 1.54) is 77.0 Å². The van der Waals surface area contributed by atoms with Crippen LogP contribution in [0.25, 0.3) is 0 Å². The minimum absolute atomic E-state index is 0.171. The van der Waals surface area contributed by atoms with Crippen LogP contribution in [0.4, 0.5) is 0 Å². The van der Waals surface area contributed by atoms with E-state index in [0.29, 0.717) is 5.92 Å². The minimum atomic E-state index is -0.229. The van der Waals surface area contributed by atoms with Crippen LogP contribution < -0.4 is 0 Å². The Hall–Kier alpha value is -0.0800. The van der Waals surface area contributed by atoms with E-state index in [-0.39, 0.29) is 29.0 Å². The Morgan fingerprint density at radius 1 is 0.650 bits per heavy atom. The van der Waals surface area contributed by atoms with Gasteiger partial charge in [-0.25, -0.2) is 0 Å². The monoisotopic (exact) mass is 278 g/mol. The van der Waals surface area contributed by atoms with Gasteiger partial charge in [-0.05, 0) is 61.7 Å². The quantitative estimate of drug-likeness (QED) is 0.710. The highest BCUT2D eigenvalue weighted by Gasteiger charge is 2.59. The number of hydrogen-bond donors (Lipinski definition) is 2. The van der Waals surface area contributed by atoms with E-state index >= 15 is 0 Å². The molecule has 0 aromatic carbocycles. The van der Waals surface area contributed by atoms with Crippen LogP contribution >= 0.6 is 0 Å². The van der Waals surface area contributed by atoms with Gasteiger partial charge in [0.05, 0.1) is 12.2 Å². The summed E-state index contributed by atoms with van der Waals surface area (Å²) in [5.41, 5.74) is 0.359. The Balaban J connectivity index is 1.65. The average Bonchev–Trinajstić information content (AvgIpc) is 3.11. The fraction of sp³-hybridized carbons (Fsp3) is 1.00. The molecule has 2 spiro atoms. The molecule has 4 fully saturated rings. The fourth-order valence-corrected chi connectivity index (χ4v) is 6.65. The molecule has 0 aromatic rings. The van der Waals surface area contributed by atoms with Gasteiger partial charge in [0.2, 0.25) is 0 Å². The van der Waals surface area contributed by atoms with Crippen LogP contribution in [0.3, 0.4) is 0 Å². The molecule has 0 saturated heterocycles. The van der Waals surface area contributed by atoms with Crippen molar-refractivity contribution in [2.75, 3.05) is 0 Å². The largest absolute Gasteiger partial charge is 0.392 e. The maximum atomic E-state index is 11.2. The Labute approximate surface area is 123 Å². The second-order valence-corrected chi connectivity index (χ2v) is 8.46. The summed E-state index contributed by atoms with van der Waals surface area (Å²) in [6, 6.07) is 0. The molecule has 2 N–H and O–H groups in total. The first-order valence-corrected chi connectivity index (χ1v) is 9.03. The van der Waals surface area contributed by atoms with Crippen molar-refractivity contribution < 1.29 is 10.2 Å². The summed E-state index contributed by atoms with van der Waals surface area (Å²) in [6.07, 6.45) is 14.5. The maximum absolute atomic E-state index is 11.2. The van der Waals surface area contributed by atoms with E-state index < -0.39 is 0 Å². The van der Waals surface area contributed by atoms with Crippen molar-refractivity contribution in [1.82, 2.24) is 0 Å². The molecule has 2 heteroatoms. The first kappa shape index (κ1) is 13.6. The van der Waals surface area contributed by atoms with E-state index in [9.17, 15) is 10.2 Å².